The molecule has 0 fully saturated rings. The van der Waals surface area contributed by atoms with Crippen LogP contribution in [0.1, 0.15) is 11.6 Å². The van der Waals surface area contributed by atoms with Crippen molar-refractivity contribution in [3.05, 3.63) is 64.1 Å². The fourth-order valence-corrected chi connectivity index (χ4v) is 2.86. The molecule has 0 unspecified atom stereocenters. The third-order valence-corrected chi connectivity index (χ3v) is 4.30. The third-order valence-electron chi connectivity index (χ3n) is 3.76. The fourth-order valence-electron chi connectivity index (χ4n) is 2.47. The number of carbonyl (C=O) groups excluding carboxylic acids is 1. The van der Waals surface area contributed by atoms with Crippen LogP contribution >= 0.6 is 23.2 Å². The summed E-state index contributed by atoms with van der Waals surface area (Å²) in [6.45, 7) is 1.99. The second-order valence-electron chi connectivity index (χ2n) is 5.69. The highest BCUT2D eigenvalue weighted by molar-refractivity contribution is 6.32. The zero-order chi connectivity index (χ0) is 19.4. The van der Waals surface area contributed by atoms with E-state index < -0.39 is 6.03 Å². The summed E-state index contributed by atoms with van der Waals surface area (Å²) >= 11 is 12.0. The van der Waals surface area contributed by atoms with Gasteiger partial charge in [0.15, 0.2) is 5.76 Å². The average Bonchev–Trinajstić information content (AvgIpc) is 3.01. The van der Waals surface area contributed by atoms with E-state index in [0.29, 0.717) is 33.1 Å². The van der Waals surface area contributed by atoms with Crippen molar-refractivity contribution in [2.45, 2.75) is 13.5 Å². The van der Waals surface area contributed by atoms with Gasteiger partial charge in [-0.05, 0) is 49.4 Å². The van der Waals surface area contributed by atoms with Gasteiger partial charge in [-0.3, -0.25) is 0 Å². The van der Waals surface area contributed by atoms with Gasteiger partial charge in [0.25, 0.3) is 0 Å². The molecule has 0 aliphatic heterocycles. The molecule has 3 aromatic rings. The number of hydrogen-bond acceptors (Lipinski definition) is 4. The standard InChI is InChI=1S/C19H17Cl2N3O3/c1-11-18(12-3-5-13(20)6-4-12)27-17(23-11)10-22-19(25)24-14-7-8-16(26-2)15(21)9-14/h3-9H,10H2,1-2H3,(H2,22,24,25). The van der Waals surface area contributed by atoms with Gasteiger partial charge in [0.1, 0.15) is 5.75 Å². The molecule has 0 saturated carbocycles. The number of oxazole rings is 1. The van der Waals surface area contributed by atoms with E-state index in [4.69, 9.17) is 32.4 Å². The van der Waals surface area contributed by atoms with E-state index >= 15 is 0 Å². The molecular formula is C19H17Cl2N3O3. The van der Waals surface area contributed by atoms with Crippen molar-refractivity contribution in [3.63, 3.8) is 0 Å². The highest BCUT2D eigenvalue weighted by atomic mass is 35.5. The molecule has 8 heteroatoms. The first-order valence-electron chi connectivity index (χ1n) is 8.07. The lowest BCUT2D eigenvalue weighted by atomic mass is 10.1. The van der Waals surface area contributed by atoms with E-state index in [1.807, 2.05) is 19.1 Å². The van der Waals surface area contributed by atoms with E-state index in [0.717, 1.165) is 11.3 Å². The van der Waals surface area contributed by atoms with Crippen molar-refractivity contribution in [1.82, 2.24) is 10.3 Å². The summed E-state index contributed by atoms with van der Waals surface area (Å²) in [5.41, 5.74) is 2.15. The topological polar surface area (TPSA) is 76.4 Å². The van der Waals surface area contributed by atoms with E-state index in [1.54, 1.807) is 30.3 Å². The smallest absolute Gasteiger partial charge is 0.319 e. The SMILES string of the molecule is COc1ccc(NC(=O)NCc2nc(C)c(-c3ccc(Cl)cc3)o2)cc1Cl. The zero-order valence-corrected chi connectivity index (χ0v) is 16.2. The maximum absolute atomic E-state index is 12.1. The van der Waals surface area contributed by atoms with Crippen LogP contribution in [0.3, 0.4) is 0 Å². The molecule has 0 aliphatic rings. The number of nitrogens with zero attached hydrogens (tertiary/aromatic N) is 1. The van der Waals surface area contributed by atoms with Crippen LogP contribution in [-0.4, -0.2) is 18.1 Å². The van der Waals surface area contributed by atoms with Crippen LogP contribution in [0, 0.1) is 6.92 Å². The number of carbonyl (C=O) groups is 1. The summed E-state index contributed by atoms with van der Waals surface area (Å²) in [6, 6.07) is 11.8. The molecule has 1 heterocycles. The molecule has 2 aromatic carbocycles. The van der Waals surface area contributed by atoms with Crippen LogP contribution < -0.4 is 15.4 Å². The van der Waals surface area contributed by atoms with Gasteiger partial charge in [0, 0.05) is 16.3 Å². The minimum Gasteiger partial charge on any atom is -0.495 e. The molecule has 0 bridgehead atoms. The Hall–Kier alpha value is -2.70. The van der Waals surface area contributed by atoms with E-state index in [1.165, 1.54) is 7.11 Å². The lowest BCUT2D eigenvalue weighted by Crippen LogP contribution is -2.28. The molecule has 0 aliphatic carbocycles. The third kappa shape index (κ3) is 4.72. The maximum atomic E-state index is 12.1. The molecule has 1 aromatic heterocycles. The number of anilines is 1. The Kier molecular flexibility index (Phi) is 5.88. The van der Waals surface area contributed by atoms with Crippen molar-refractivity contribution in [2.24, 2.45) is 0 Å². The van der Waals surface area contributed by atoms with Crippen LogP contribution in [0.5, 0.6) is 5.75 Å². The monoisotopic (exact) mass is 405 g/mol. The van der Waals surface area contributed by atoms with Gasteiger partial charge in [-0.15, -0.1) is 0 Å². The Morgan fingerprint density at radius 1 is 1.19 bits per heavy atom. The number of methoxy groups -OCH3 is 1. The summed E-state index contributed by atoms with van der Waals surface area (Å²) in [4.78, 5) is 16.4. The van der Waals surface area contributed by atoms with Crippen LogP contribution in [0.15, 0.2) is 46.9 Å². The Morgan fingerprint density at radius 3 is 2.59 bits per heavy atom. The molecule has 27 heavy (non-hydrogen) atoms. The van der Waals surface area contributed by atoms with Crippen molar-refractivity contribution in [2.75, 3.05) is 12.4 Å². The average molecular weight is 406 g/mol. The first-order chi connectivity index (χ1) is 13.0. The summed E-state index contributed by atoms with van der Waals surface area (Å²) in [5.74, 6) is 1.58. The number of ether oxygens (including phenoxy) is 1. The number of amides is 2. The Bertz CT molecular complexity index is 955. The number of benzene rings is 2. The number of halogens is 2. The van der Waals surface area contributed by atoms with Gasteiger partial charge in [0.2, 0.25) is 5.89 Å². The van der Waals surface area contributed by atoms with Gasteiger partial charge in [-0.25, -0.2) is 9.78 Å². The summed E-state index contributed by atoms with van der Waals surface area (Å²) < 4.78 is 10.8. The van der Waals surface area contributed by atoms with Crippen LogP contribution in [-0.2, 0) is 6.54 Å². The molecule has 2 amide bonds. The molecule has 3 rings (SSSR count). The van der Waals surface area contributed by atoms with Gasteiger partial charge in [-0.2, -0.15) is 0 Å². The molecule has 0 saturated heterocycles. The molecule has 0 atom stereocenters. The molecular weight excluding hydrogens is 389 g/mol. The fraction of sp³-hybridized carbons (Fsp3) is 0.158. The van der Waals surface area contributed by atoms with Crippen molar-refractivity contribution in [3.8, 4) is 17.1 Å². The van der Waals surface area contributed by atoms with Gasteiger partial charge < -0.3 is 19.8 Å². The highest BCUT2D eigenvalue weighted by Crippen LogP contribution is 2.27. The summed E-state index contributed by atoms with van der Waals surface area (Å²) in [6.07, 6.45) is 0. The Labute approximate surface area is 166 Å². The van der Waals surface area contributed by atoms with Crippen LogP contribution in [0.4, 0.5) is 10.5 Å². The lowest BCUT2D eigenvalue weighted by molar-refractivity contribution is 0.250. The van der Waals surface area contributed by atoms with Gasteiger partial charge in [0.05, 0.1) is 24.4 Å². The highest BCUT2D eigenvalue weighted by Gasteiger charge is 2.13. The molecule has 140 valence electrons. The predicted octanol–water partition coefficient (Wildman–Crippen LogP) is 5.29. The molecule has 6 nitrogen and oxygen atoms in total. The van der Waals surface area contributed by atoms with Crippen molar-refractivity contribution in [1.29, 1.82) is 0 Å². The maximum Gasteiger partial charge on any atom is 0.319 e. The zero-order valence-electron chi connectivity index (χ0n) is 14.7. The number of aryl methyl sites for hydroxylation is 1. The quantitative estimate of drug-likeness (QED) is 0.604. The number of rotatable bonds is 5. The molecule has 2 N–H and O–H groups in total. The summed E-state index contributed by atoms with van der Waals surface area (Å²) in [5, 5.41) is 6.44. The largest absolute Gasteiger partial charge is 0.495 e. The van der Waals surface area contributed by atoms with E-state index in [9.17, 15) is 4.79 Å². The van der Waals surface area contributed by atoms with Gasteiger partial charge in [-0.1, -0.05) is 23.2 Å². The summed E-state index contributed by atoms with van der Waals surface area (Å²) in [7, 11) is 1.53. The Balaban J connectivity index is 1.61. The second-order valence-corrected chi connectivity index (χ2v) is 6.53. The number of hydrogen-bond donors (Lipinski definition) is 2. The van der Waals surface area contributed by atoms with Crippen LogP contribution in [0.25, 0.3) is 11.3 Å². The number of urea groups is 1. The predicted molar refractivity (Wildman–Crippen MR) is 106 cm³/mol. The normalized spacial score (nSPS) is 10.5. The minimum atomic E-state index is -0.403. The van der Waals surface area contributed by atoms with E-state index in [2.05, 4.69) is 15.6 Å². The number of aromatic nitrogens is 1. The lowest BCUT2D eigenvalue weighted by Gasteiger charge is -2.08. The first-order valence-corrected chi connectivity index (χ1v) is 8.82. The Morgan fingerprint density at radius 2 is 1.93 bits per heavy atom. The first kappa shape index (κ1) is 19.1. The molecule has 0 spiro atoms. The number of nitrogens with one attached hydrogen (secondary N) is 2. The van der Waals surface area contributed by atoms with Crippen molar-refractivity contribution < 1.29 is 13.9 Å². The second kappa shape index (κ2) is 8.33. The van der Waals surface area contributed by atoms with Crippen molar-refractivity contribution >= 4 is 34.9 Å². The van der Waals surface area contributed by atoms with Crippen LogP contribution in [0.2, 0.25) is 10.0 Å². The van der Waals surface area contributed by atoms with E-state index in [-0.39, 0.29) is 6.54 Å². The molecule has 0 radical (unpaired) electrons. The minimum absolute atomic E-state index is 0.143. The van der Waals surface area contributed by atoms with Gasteiger partial charge >= 0.3 is 6.03 Å².